The first-order chi connectivity index (χ1) is 8.48. The van der Waals surface area contributed by atoms with Gasteiger partial charge in [-0.1, -0.05) is 0 Å². The molecule has 0 aromatic heterocycles. The van der Waals surface area contributed by atoms with Gasteiger partial charge in [-0.3, -0.25) is 4.79 Å². The molecule has 4 nitrogen and oxygen atoms in total. The first-order valence-electron chi connectivity index (χ1n) is 6.04. The summed E-state index contributed by atoms with van der Waals surface area (Å²) < 4.78 is 10.5. The predicted molar refractivity (Wildman–Crippen MR) is 69.2 cm³/mol. The number of hydrogen-bond donors (Lipinski definition) is 1. The molecule has 0 aliphatic carbocycles. The van der Waals surface area contributed by atoms with Crippen molar-refractivity contribution in [1.82, 2.24) is 0 Å². The van der Waals surface area contributed by atoms with Crippen LogP contribution in [0.1, 0.15) is 27.9 Å². The maximum Gasteiger partial charge on any atom is 0.185 e. The van der Waals surface area contributed by atoms with Gasteiger partial charge >= 0.3 is 0 Å². The quantitative estimate of drug-likeness (QED) is 0.827. The molecule has 0 saturated carbocycles. The van der Waals surface area contributed by atoms with Crippen LogP contribution in [0.25, 0.3) is 0 Å². The Hall–Kier alpha value is -1.39. The van der Waals surface area contributed by atoms with E-state index in [0.29, 0.717) is 25.2 Å². The highest BCUT2D eigenvalue weighted by Crippen LogP contribution is 2.27. The van der Waals surface area contributed by atoms with E-state index < -0.39 is 5.54 Å². The molecule has 1 aromatic carbocycles. The predicted octanol–water partition coefficient (Wildman–Crippen LogP) is 1.61. The van der Waals surface area contributed by atoms with Crippen LogP contribution in [0.5, 0.6) is 5.75 Å². The Morgan fingerprint density at radius 2 is 2.11 bits per heavy atom. The summed E-state index contributed by atoms with van der Waals surface area (Å²) in [5.74, 6) is 0.751. The normalized spacial score (nSPS) is 23.1. The fourth-order valence-corrected chi connectivity index (χ4v) is 2.28. The smallest absolute Gasteiger partial charge is 0.185 e. The van der Waals surface area contributed by atoms with Crippen LogP contribution in [0.15, 0.2) is 12.1 Å². The van der Waals surface area contributed by atoms with E-state index in [1.807, 2.05) is 26.0 Å². The summed E-state index contributed by atoms with van der Waals surface area (Å²) >= 11 is 0. The van der Waals surface area contributed by atoms with Gasteiger partial charge in [0.1, 0.15) is 11.3 Å². The Labute approximate surface area is 107 Å². The summed E-state index contributed by atoms with van der Waals surface area (Å²) in [6.45, 7) is 4.67. The molecule has 0 spiro atoms. The standard InChI is InChI=1S/C14H19NO3/c1-9-7-12(17-3)10(2)6-11(9)13(16)14(15)4-5-18-8-14/h6-7H,4-5,8,15H2,1-3H3. The summed E-state index contributed by atoms with van der Waals surface area (Å²) in [5.41, 5.74) is 7.74. The van der Waals surface area contributed by atoms with Crippen molar-refractivity contribution in [2.45, 2.75) is 25.8 Å². The first-order valence-corrected chi connectivity index (χ1v) is 6.04. The second-order valence-corrected chi connectivity index (χ2v) is 4.92. The Balaban J connectivity index is 2.39. The van der Waals surface area contributed by atoms with Crippen molar-refractivity contribution in [2.24, 2.45) is 5.73 Å². The minimum absolute atomic E-state index is 0.0387. The molecule has 98 valence electrons. The SMILES string of the molecule is COc1cc(C)c(C(=O)C2(N)CCOC2)cc1C. The Bertz CT molecular complexity index is 476. The van der Waals surface area contributed by atoms with Crippen molar-refractivity contribution in [3.05, 3.63) is 28.8 Å². The summed E-state index contributed by atoms with van der Waals surface area (Å²) in [7, 11) is 1.62. The van der Waals surface area contributed by atoms with E-state index in [9.17, 15) is 4.79 Å². The van der Waals surface area contributed by atoms with Gasteiger partial charge in [-0.25, -0.2) is 0 Å². The highest BCUT2D eigenvalue weighted by molar-refractivity contribution is 6.04. The molecule has 2 N–H and O–H groups in total. The van der Waals surface area contributed by atoms with E-state index in [4.69, 9.17) is 15.2 Å². The molecule has 1 heterocycles. The van der Waals surface area contributed by atoms with E-state index in [0.717, 1.165) is 16.9 Å². The van der Waals surface area contributed by atoms with E-state index >= 15 is 0 Å². The number of benzene rings is 1. The van der Waals surface area contributed by atoms with Crippen molar-refractivity contribution in [1.29, 1.82) is 0 Å². The highest BCUT2D eigenvalue weighted by Gasteiger charge is 2.39. The molecule has 1 unspecified atom stereocenters. The lowest BCUT2D eigenvalue weighted by Gasteiger charge is -2.21. The summed E-state index contributed by atoms with van der Waals surface area (Å²) in [6, 6.07) is 3.73. The molecule has 1 atom stereocenters. The van der Waals surface area contributed by atoms with Crippen LogP contribution in [0.2, 0.25) is 0 Å². The van der Waals surface area contributed by atoms with Crippen molar-refractivity contribution in [3.63, 3.8) is 0 Å². The van der Waals surface area contributed by atoms with Gasteiger partial charge in [0, 0.05) is 12.2 Å². The molecule has 0 amide bonds. The average molecular weight is 249 g/mol. The van der Waals surface area contributed by atoms with Gasteiger partial charge in [0.05, 0.1) is 13.7 Å². The third-order valence-corrected chi connectivity index (χ3v) is 3.49. The van der Waals surface area contributed by atoms with E-state index in [1.165, 1.54) is 0 Å². The number of methoxy groups -OCH3 is 1. The van der Waals surface area contributed by atoms with Crippen LogP contribution in [0.3, 0.4) is 0 Å². The topological polar surface area (TPSA) is 61.5 Å². The molecule has 2 rings (SSSR count). The van der Waals surface area contributed by atoms with Crippen LogP contribution in [-0.2, 0) is 4.74 Å². The first kappa shape index (κ1) is 13.1. The summed E-state index contributed by atoms with van der Waals surface area (Å²) in [5, 5.41) is 0. The number of aryl methyl sites for hydroxylation is 2. The largest absolute Gasteiger partial charge is 0.496 e. The molecule has 1 aliphatic heterocycles. The second kappa shape index (κ2) is 4.71. The number of Topliss-reactive ketones (excluding diaryl/α,β-unsaturated/α-hetero) is 1. The Morgan fingerprint density at radius 3 is 2.67 bits per heavy atom. The van der Waals surface area contributed by atoms with Gasteiger partial charge in [-0.2, -0.15) is 0 Å². The monoisotopic (exact) mass is 249 g/mol. The Morgan fingerprint density at radius 1 is 1.39 bits per heavy atom. The van der Waals surface area contributed by atoms with Crippen LogP contribution in [0.4, 0.5) is 0 Å². The van der Waals surface area contributed by atoms with Crippen molar-refractivity contribution in [3.8, 4) is 5.75 Å². The molecule has 1 aromatic rings. The number of carbonyl (C=O) groups excluding carboxylic acids is 1. The van der Waals surface area contributed by atoms with Gasteiger partial charge in [0.2, 0.25) is 0 Å². The third-order valence-electron chi connectivity index (χ3n) is 3.49. The van der Waals surface area contributed by atoms with Crippen molar-refractivity contribution in [2.75, 3.05) is 20.3 Å². The van der Waals surface area contributed by atoms with Gasteiger partial charge < -0.3 is 15.2 Å². The Kier molecular flexibility index (Phi) is 3.41. The van der Waals surface area contributed by atoms with Gasteiger partial charge in [0.15, 0.2) is 5.78 Å². The van der Waals surface area contributed by atoms with Crippen LogP contribution in [0, 0.1) is 13.8 Å². The van der Waals surface area contributed by atoms with Gasteiger partial charge in [0.25, 0.3) is 0 Å². The minimum Gasteiger partial charge on any atom is -0.496 e. The molecule has 0 bridgehead atoms. The molecule has 18 heavy (non-hydrogen) atoms. The fourth-order valence-electron chi connectivity index (χ4n) is 2.28. The number of hydrogen-bond acceptors (Lipinski definition) is 4. The van der Waals surface area contributed by atoms with E-state index in [-0.39, 0.29) is 5.78 Å². The minimum atomic E-state index is -0.869. The number of carbonyl (C=O) groups is 1. The van der Waals surface area contributed by atoms with Crippen molar-refractivity contribution >= 4 is 5.78 Å². The van der Waals surface area contributed by atoms with Gasteiger partial charge in [-0.05, 0) is 43.5 Å². The molecule has 4 heteroatoms. The molecular formula is C14H19NO3. The zero-order valence-electron chi connectivity index (χ0n) is 11.1. The molecule has 1 saturated heterocycles. The van der Waals surface area contributed by atoms with Gasteiger partial charge in [-0.15, -0.1) is 0 Å². The summed E-state index contributed by atoms with van der Waals surface area (Å²) in [6.07, 6.45) is 0.580. The van der Waals surface area contributed by atoms with E-state index in [1.54, 1.807) is 7.11 Å². The number of ether oxygens (including phenoxy) is 2. The lowest BCUT2D eigenvalue weighted by molar-refractivity contribution is 0.0862. The average Bonchev–Trinajstić information content (AvgIpc) is 2.79. The fraction of sp³-hybridized carbons (Fsp3) is 0.500. The molecule has 1 fully saturated rings. The number of ketones is 1. The molecule has 0 radical (unpaired) electrons. The zero-order valence-corrected chi connectivity index (χ0v) is 11.1. The molecular weight excluding hydrogens is 230 g/mol. The van der Waals surface area contributed by atoms with Crippen molar-refractivity contribution < 1.29 is 14.3 Å². The number of nitrogens with two attached hydrogens (primary N) is 1. The van der Waals surface area contributed by atoms with E-state index in [2.05, 4.69) is 0 Å². The lowest BCUT2D eigenvalue weighted by Crippen LogP contribution is -2.48. The lowest BCUT2D eigenvalue weighted by atomic mass is 9.87. The number of rotatable bonds is 3. The van der Waals surface area contributed by atoms with Crippen LogP contribution in [-0.4, -0.2) is 31.6 Å². The molecule has 1 aliphatic rings. The van der Waals surface area contributed by atoms with Crippen LogP contribution >= 0.6 is 0 Å². The highest BCUT2D eigenvalue weighted by atomic mass is 16.5. The maximum absolute atomic E-state index is 12.5. The third kappa shape index (κ3) is 2.13. The van der Waals surface area contributed by atoms with Crippen LogP contribution < -0.4 is 10.5 Å². The zero-order chi connectivity index (χ0) is 13.3. The summed E-state index contributed by atoms with van der Waals surface area (Å²) in [4.78, 5) is 12.5. The second-order valence-electron chi connectivity index (χ2n) is 4.92. The maximum atomic E-state index is 12.5.